The van der Waals surface area contributed by atoms with Crippen LogP contribution in [0.2, 0.25) is 0 Å². The van der Waals surface area contributed by atoms with Crippen molar-refractivity contribution in [3.8, 4) is 17.2 Å². The van der Waals surface area contributed by atoms with Gasteiger partial charge in [0.25, 0.3) is 0 Å². The summed E-state index contributed by atoms with van der Waals surface area (Å²) in [6.45, 7) is 0.229. The summed E-state index contributed by atoms with van der Waals surface area (Å²) in [5.74, 6) is 0.722. The first kappa shape index (κ1) is 18.5. The van der Waals surface area contributed by atoms with Gasteiger partial charge in [-0.1, -0.05) is 12.1 Å². The second-order valence-electron chi connectivity index (χ2n) is 5.74. The highest BCUT2D eigenvalue weighted by Gasteiger charge is 2.31. The molecule has 142 valence electrons. The summed E-state index contributed by atoms with van der Waals surface area (Å²) in [6, 6.07) is 11.4. The van der Waals surface area contributed by atoms with Crippen LogP contribution < -0.4 is 14.2 Å². The largest absolute Gasteiger partial charge is 0.513 e. The quantitative estimate of drug-likeness (QED) is 0.646. The fraction of sp³-hybridized carbons (Fsp3) is 0.263. The number of methoxy groups -OCH3 is 2. The van der Waals surface area contributed by atoms with Crippen LogP contribution in [0.15, 0.2) is 42.5 Å². The van der Waals surface area contributed by atoms with E-state index in [1.807, 2.05) is 0 Å². The van der Waals surface area contributed by atoms with Gasteiger partial charge in [0.05, 0.1) is 26.9 Å². The van der Waals surface area contributed by atoms with Gasteiger partial charge in [-0.15, -0.1) is 0 Å². The number of aliphatic hydroxyl groups excluding tert-OH is 1. The lowest BCUT2D eigenvalue weighted by atomic mass is 9.87. The average Bonchev–Trinajstić information content (AvgIpc) is 2.69. The van der Waals surface area contributed by atoms with Crippen molar-refractivity contribution in [2.24, 2.45) is 0 Å². The van der Waals surface area contributed by atoms with Gasteiger partial charge >= 0.3 is 12.3 Å². The second-order valence-corrected chi connectivity index (χ2v) is 5.74. The molecule has 0 spiro atoms. The molecule has 8 heteroatoms. The Morgan fingerprint density at radius 2 is 1.56 bits per heavy atom. The summed E-state index contributed by atoms with van der Waals surface area (Å²) in [4.78, 5) is 22.3. The van der Waals surface area contributed by atoms with Gasteiger partial charge in [-0.25, -0.2) is 9.59 Å². The first-order chi connectivity index (χ1) is 13.0. The number of fused-ring (bicyclic) bond motifs is 1. The topological polar surface area (TPSA) is 101 Å². The molecule has 2 atom stereocenters. The molecule has 0 aromatic heterocycles. The van der Waals surface area contributed by atoms with E-state index in [1.54, 1.807) is 36.4 Å². The highest BCUT2D eigenvalue weighted by molar-refractivity contribution is 5.64. The van der Waals surface area contributed by atoms with Crippen molar-refractivity contribution in [3.05, 3.63) is 53.6 Å². The standard InChI is InChI=1S/C19H18O8/c1-23-18(21)26-12-5-3-11(4-6-12)15-10-25-16-9-13(27-19(22)24-2)7-8-14(16)17(15)20/h3-9,15,17,20H,10H2,1-2H3. The third kappa shape index (κ3) is 4.12. The zero-order valence-electron chi connectivity index (χ0n) is 14.7. The van der Waals surface area contributed by atoms with Gasteiger partial charge in [-0.3, -0.25) is 0 Å². The number of aliphatic hydroxyl groups is 1. The molecule has 0 amide bonds. The Labute approximate surface area is 155 Å². The molecule has 0 saturated carbocycles. The number of rotatable bonds is 3. The van der Waals surface area contributed by atoms with Crippen LogP contribution in [-0.4, -0.2) is 38.2 Å². The Hall–Kier alpha value is -3.26. The maximum Gasteiger partial charge on any atom is 0.513 e. The van der Waals surface area contributed by atoms with Gasteiger partial charge in [0, 0.05) is 17.5 Å². The monoisotopic (exact) mass is 374 g/mol. The lowest BCUT2D eigenvalue weighted by Crippen LogP contribution is -2.24. The summed E-state index contributed by atoms with van der Waals surface area (Å²) >= 11 is 0. The molecule has 2 aromatic rings. The molecule has 2 aromatic carbocycles. The van der Waals surface area contributed by atoms with Crippen LogP contribution in [0.5, 0.6) is 17.2 Å². The van der Waals surface area contributed by atoms with Crippen LogP contribution in [0, 0.1) is 0 Å². The average molecular weight is 374 g/mol. The molecule has 1 N–H and O–H groups in total. The molecule has 2 unspecified atom stereocenters. The summed E-state index contributed by atoms with van der Waals surface area (Å²) < 4.78 is 24.5. The third-order valence-corrected chi connectivity index (χ3v) is 4.15. The number of carbonyl (C=O) groups is 2. The van der Waals surface area contributed by atoms with Gasteiger partial charge in [0.2, 0.25) is 0 Å². The van der Waals surface area contributed by atoms with Crippen LogP contribution in [0.4, 0.5) is 9.59 Å². The minimum atomic E-state index is -0.835. The minimum Gasteiger partial charge on any atom is -0.492 e. The second kappa shape index (κ2) is 7.96. The third-order valence-electron chi connectivity index (χ3n) is 4.15. The molecule has 0 fully saturated rings. The Kier molecular flexibility index (Phi) is 5.46. The number of hydrogen-bond donors (Lipinski definition) is 1. The van der Waals surface area contributed by atoms with E-state index < -0.39 is 18.4 Å². The van der Waals surface area contributed by atoms with Crippen molar-refractivity contribution in [2.75, 3.05) is 20.8 Å². The molecule has 1 aliphatic rings. The molecule has 0 radical (unpaired) electrons. The Balaban J connectivity index is 1.75. The zero-order valence-corrected chi connectivity index (χ0v) is 14.7. The first-order valence-electron chi connectivity index (χ1n) is 8.08. The molecule has 3 rings (SSSR count). The summed E-state index contributed by atoms with van der Waals surface area (Å²) in [7, 11) is 2.44. The van der Waals surface area contributed by atoms with Crippen molar-refractivity contribution < 1.29 is 38.4 Å². The number of hydrogen-bond acceptors (Lipinski definition) is 8. The number of carbonyl (C=O) groups excluding carboxylic acids is 2. The zero-order chi connectivity index (χ0) is 19.4. The van der Waals surface area contributed by atoms with Crippen molar-refractivity contribution >= 4 is 12.3 Å². The maximum atomic E-state index is 11.2. The van der Waals surface area contributed by atoms with Crippen LogP contribution in [-0.2, 0) is 9.47 Å². The lowest BCUT2D eigenvalue weighted by Gasteiger charge is -2.30. The van der Waals surface area contributed by atoms with E-state index in [9.17, 15) is 14.7 Å². The molecular formula is C19H18O8. The van der Waals surface area contributed by atoms with Crippen molar-refractivity contribution in [1.82, 2.24) is 0 Å². The van der Waals surface area contributed by atoms with Gasteiger partial charge in [-0.2, -0.15) is 0 Å². The molecule has 1 heterocycles. The smallest absolute Gasteiger partial charge is 0.492 e. The predicted molar refractivity (Wildman–Crippen MR) is 92.1 cm³/mol. The molecule has 27 heavy (non-hydrogen) atoms. The van der Waals surface area contributed by atoms with Crippen molar-refractivity contribution in [3.63, 3.8) is 0 Å². The molecule has 1 aliphatic heterocycles. The SMILES string of the molecule is COC(=O)Oc1ccc(C2COc3cc(OC(=O)OC)ccc3C2O)cc1. The van der Waals surface area contributed by atoms with Crippen LogP contribution in [0.3, 0.4) is 0 Å². The molecular weight excluding hydrogens is 356 g/mol. The molecule has 0 bridgehead atoms. The Morgan fingerprint density at radius 1 is 0.963 bits per heavy atom. The van der Waals surface area contributed by atoms with E-state index in [4.69, 9.17) is 14.2 Å². The maximum absolute atomic E-state index is 11.2. The van der Waals surface area contributed by atoms with Gasteiger partial charge in [0.1, 0.15) is 17.2 Å². The summed E-state index contributed by atoms with van der Waals surface area (Å²) in [5.41, 5.74) is 1.40. The molecule has 8 nitrogen and oxygen atoms in total. The number of ether oxygens (including phenoxy) is 5. The molecule has 0 saturated heterocycles. The summed E-state index contributed by atoms with van der Waals surface area (Å²) in [6.07, 6.45) is -2.45. The van der Waals surface area contributed by atoms with E-state index in [0.717, 1.165) is 5.56 Å². The van der Waals surface area contributed by atoms with Crippen LogP contribution in [0.1, 0.15) is 23.1 Å². The molecule has 0 aliphatic carbocycles. The van der Waals surface area contributed by atoms with E-state index in [2.05, 4.69) is 9.47 Å². The fourth-order valence-corrected chi connectivity index (χ4v) is 2.77. The Morgan fingerprint density at radius 3 is 2.19 bits per heavy atom. The highest BCUT2D eigenvalue weighted by Crippen LogP contribution is 2.42. The van der Waals surface area contributed by atoms with E-state index in [-0.39, 0.29) is 18.3 Å². The van der Waals surface area contributed by atoms with Crippen molar-refractivity contribution in [2.45, 2.75) is 12.0 Å². The fourth-order valence-electron chi connectivity index (χ4n) is 2.77. The Bertz CT molecular complexity index is 830. The normalized spacial score (nSPS) is 17.9. The van der Waals surface area contributed by atoms with Gasteiger partial charge < -0.3 is 28.8 Å². The predicted octanol–water partition coefficient (Wildman–Crippen LogP) is 3.19. The van der Waals surface area contributed by atoms with Gasteiger partial charge in [0.15, 0.2) is 0 Å². The van der Waals surface area contributed by atoms with E-state index in [0.29, 0.717) is 17.1 Å². The van der Waals surface area contributed by atoms with E-state index in [1.165, 1.54) is 20.3 Å². The van der Waals surface area contributed by atoms with Crippen LogP contribution in [0.25, 0.3) is 0 Å². The minimum absolute atomic E-state index is 0.229. The number of benzene rings is 2. The van der Waals surface area contributed by atoms with E-state index >= 15 is 0 Å². The first-order valence-corrected chi connectivity index (χ1v) is 8.08. The van der Waals surface area contributed by atoms with Crippen LogP contribution >= 0.6 is 0 Å². The highest BCUT2D eigenvalue weighted by atomic mass is 16.7. The van der Waals surface area contributed by atoms with Gasteiger partial charge in [-0.05, 0) is 29.8 Å². The van der Waals surface area contributed by atoms with Crippen molar-refractivity contribution in [1.29, 1.82) is 0 Å². The summed E-state index contributed by atoms with van der Waals surface area (Å²) in [5, 5.41) is 10.7. The lowest BCUT2D eigenvalue weighted by molar-refractivity contribution is 0.0883.